The van der Waals surface area contributed by atoms with Crippen molar-refractivity contribution in [2.24, 2.45) is 0 Å². The highest BCUT2D eigenvalue weighted by atomic mass is 19.4. The Bertz CT molecular complexity index is 905. The maximum atomic E-state index is 12.8. The third-order valence-corrected chi connectivity index (χ3v) is 4.63. The average molecular weight is 424 g/mol. The van der Waals surface area contributed by atoms with Crippen molar-refractivity contribution >= 4 is 11.8 Å². The van der Waals surface area contributed by atoms with Gasteiger partial charge in [0.2, 0.25) is 5.91 Å². The molecule has 2 N–H and O–H groups in total. The number of hydrogen-bond donors (Lipinski definition) is 2. The molecule has 0 radical (unpaired) electrons. The van der Waals surface area contributed by atoms with Crippen LogP contribution in [0.25, 0.3) is 0 Å². The van der Waals surface area contributed by atoms with Gasteiger partial charge in [0, 0.05) is 11.1 Å². The van der Waals surface area contributed by atoms with Crippen molar-refractivity contribution in [1.82, 2.24) is 10.4 Å². The van der Waals surface area contributed by atoms with Gasteiger partial charge < -0.3 is 9.64 Å². The zero-order valence-corrected chi connectivity index (χ0v) is 15.7. The smallest absolute Gasteiger partial charge is 0.491 e. The van der Waals surface area contributed by atoms with Gasteiger partial charge in [-0.3, -0.25) is 19.5 Å². The van der Waals surface area contributed by atoms with Gasteiger partial charge in [-0.2, -0.15) is 0 Å². The van der Waals surface area contributed by atoms with Crippen molar-refractivity contribution in [3.8, 4) is 5.75 Å². The Kier molecular flexibility index (Phi) is 6.58. The van der Waals surface area contributed by atoms with E-state index in [0.29, 0.717) is 11.3 Å². The summed E-state index contributed by atoms with van der Waals surface area (Å²) in [7, 11) is 0. The number of rotatable bonds is 5. The second kappa shape index (κ2) is 9.14. The molecular formula is C20H19F3N2O5. The van der Waals surface area contributed by atoms with Gasteiger partial charge in [0.1, 0.15) is 12.4 Å². The minimum Gasteiger partial charge on any atom is -0.491 e. The summed E-state index contributed by atoms with van der Waals surface area (Å²) in [5.41, 5.74) is 3.02. The first-order valence-corrected chi connectivity index (χ1v) is 9.04. The van der Waals surface area contributed by atoms with Crippen molar-refractivity contribution in [2.45, 2.75) is 25.4 Å². The molecule has 0 saturated carbocycles. The van der Waals surface area contributed by atoms with Gasteiger partial charge in [-0.05, 0) is 17.7 Å². The lowest BCUT2D eigenvalue weighted by Crippen LogP contribution is -2.36. The Morgan fingerprint density at radius 2 is 1.93 bits per heavy atom. The van der Waals surface area contributed by atoms with Crippen LogP contribution in [-0.2, 0) is 16.1 Å². The summed E-state index contributed by atoms with van der Waals surface area (Å²) >= 11 is 0. The van der Waals surface area contributed by atoms with Crippen molar-refractivity contribution in [2.75, 3.05) is 13.2 Å². The fourth-order valence-corrected chi connectivity index (χ4v) is 3.19. The number of hydroxylamine groups is 1. The van der Waals surface area contributed by atoms with Crippen LogP contribution in [0.2, 0.25) is 0 Å². The molecule has 10 heteroatoms. The molecule has 0 aliphatic carbocycles. The van der Waals surface area contributed by atoms with Crippen molar-refractivity contribution in [1.29, 1.82) is 0 Å². The summed E-state index contributed by atoms with van der Waals surface area (Å²) < 4.78 is 46.4. The Labute approximate surface area is 170 Å². The molecule has 1 aliphatic rings. The minimum atomic E-state index is -4.81. The molecule has 7 nitrogen and oxygen atoms in total. The highest BCUT2D eigenvalue weighted by Crippen LogP contribution is 2.33. The molecule has 1 aliphatic heterocycles. The van der Waals surface area contributed by atoms with Gasteiger partial charge in [-0.15, -0.1) is 13.2 Å². The number of ether oxygens (including phenoxy) is 2. The van der Waals surface area contributed by atoms with Gasteiger partial charge in [0.05, 0.1) is 25.6 Å². The molecule has 160 valence electrons. The topological polar surface area (TPSA) is 88.1 Å². The van der Waals surface area contributed by atoms with Crippen LogP contribution >= 0.6 is 0 Å². The van der Waals surface area contributed by atoms with E-state index in [4.69, 9.17) is 9.94 Å². The molecule has 1 heterocycles. The third kappa shape index (κ3) is 5.28. The summed E-state index contributed by atoms with van der Waals surface area (Å²) in [6, 6.07) is 12.9. The fraction of sp³-hybridized carbons (Fsp3) is 0.300. The van der Waals surface area contributed by atoms with Crippen LogP contribution in [0.5, 0.6) is 5.75 Å². The molecule has 0 saturated heterocycles. The van der Waals surface area contributed by atoms with Gasteiger partial charge in [0.15, 0.2) is 0 Å². The molecule has 30 heavy (non-hydrogen) atoms. The van der Waals surface area contributed by atoms with E-state index in [1.807, 2.05) is 0 Å². The number of halogens is 3. The number of nitrogens with zero attached hydrogens (tertiary/aromatic N) is 1. The van der Waals surface area contributed by atoms with Crippen molar-refractivity contribution in [3.63, 3.8) is 0 Å². The van der Waals surface area contributed by atoms with Crippen LogP contribution in [-0.4, -0.2) is 41.5 Å². The number of benzene rings is 2. The van der Waals surface area contributed by atoms with E-state index in [1.165, 1.54) is 22.5 Å². The fourth-order valence-electron chi connectivity index (χ4n) is 3.19. The van der Waals surface area contributed by atoms with Crippen LogP contribution in [0.1, 0.15) is 33.9 Å². The predicted molar refractivity (Wildman–Crippen MR) is 97.5 cm³/mol. The molecule has 0 fully saturated rings. The molecule has 0 spiro atoms. The van der Waals surface area contributed by atoms with Gasteiger partial charge in [0.25, 0.3) is 5.91 Å². The zero-order valence-electron chi connectivity index (χ0n) is 15.7. The summed E-state index contributed by atoms with van der Waals surface area (Å²) in [6.07, 6.45) is -5.26. The maximum absolute atomic E-state index is 12.8. The lowest BCUT2D eigenvalue weighted by Gasteiger charge is -2.29. The summed E-state index contributed by atoms with van der Waals surface area (Å²) in [5.74, 6) is -0.900. The van der Waals surface area contributed by atoms with Gasteiger partial charge >= 0.3 is 6.36 Å². The second-order valence-electron chi connectivity index (χ2n) is 6.57. The number of carbonyl (C=O) groups is 2. The Morgan fingerprint density at radius 1 is 1.20 bits per heavy atom. The standard InChI is InChI=1S/C20H19F3N2O5/c21-20(22,23)30-9-8-18(26)25-11-15-7-6-14(19(27)24-28)10-17(15)29-12-16(25)13-4-2-1-3-5-13/h1-7,10,16,28H,8-9,11-12H2,(H,24,27)/t16-/m1/s1. The molecule has 2 aromatic rings. The molecule has 0 unspecified atom stereocenters. The molecule has 2 aromatic carbocycles. The molecule has 2 amide bonds. The van der Waals surface area contributed by atoms with E-state index in [9.17, 15) is 22.8 Å². The van der Waals surface area contributed by atoms with E-state index >= 15 is 0 Å². The number of fused-ring (bicyclic) bond motifs is 1. The van der Waals surface area contributed by atoms with E-state index < -0.39 is 37.2 Å². The van der Waals surface area contributed by atoms with E-state index in [1.54, 1.807) is 36.4 Å². The second-order valence-corrected chi connectivity index (χ2v) is 6.57. The minimum absolute atomic E-state index is 0.0348. The number of carbonyl (C=O) groups excluding carboxylic acids is 2. The zero-order chi connectivity index (χ0) is 21.7. The summed E-state index contributed by atoms with van der Waals surface area (Å²) in [4.78, 5) is 25.9. The monoisotopic (exact) mass is 424 g/mol. The average Bonchev–Trinajstić information content (AvgIpc) is 2.92. The van der Waals surface area contributed by atoms with Gasteiger partial charge in [-0.25, -0.2) is 5.48 Å². The molecule has 3 rings (SSSR count). The first kappa shape index (κ1) is 21.6. The predicted octanol–water partition coefficient (Wildman–Crippen LogP) is 3.19. The summed E-state index contributed by atoms with van der Waals surface area (Å²) in [5, 5.41) is 8.81. The van der Waals surface area contributed by atoms with Crippen molar-refractivity contribution < 1.29 is 37.4 Å². The lowest BCUT2D eigenvalue weighted by molar-refractivity contribution is -0.324. The summed E-state index contributed by atoms with van der Waals surface area (Å²) in [6.45, 7) is -0.683. The largest absolute Gasteiger partial charge is 0.522 e. The first-order valence-electron chi connectivity index (χ1n) is 9.04. The van der Waals surface area contributed by atoms with Crippen LogP contribution in [0, 0.1) is 0 Å². The number of nitrogens with one attached hydrogen (secondary N) is 1. The first-order chi connectivity index (χ1) is 14.3. The van der Waals surface area contributed by atoms with E-state index in [-0.39, 0.29) is 18.7 Å². The molecule has 0 aromatic heterocycles. The SMILES string of the molecule is O=C(NO)c1ccc2c(c1)OC[C@H](c1ccccc1)N(C(=O)CCOC(F)(F)F)C2. The van der Waals surface area contributed by atoms with Crippen LogP contribution < -0.4 is 10.2 Å². The molecule has 0 bridgehead atoms. The van der Waals surface area contributed by atoms with Crippen LogP contribution in [0.4, 0.5) is 13.2 Å². The Hall–Kier alpha value is -3.11. The number of amides is 2. The lowest BCUT2D eigenvalue weighted by atomic mass is 10.0. The van der Waals surface area contributed by atoms with Crippen molar-refractivity contribution in [3.05, 3.63) is 65.2 Å². The number of hydrogen-bond acceptors (Lipinski definition) is 5. The molecular weight excluding hydrogens is 405 g/mol. The highest BCUT2D eigenvalue weighted by molar-refractivity contribution is 5.93. The normalized spacial score (nSPS) is 16.3. The van der Waals surface area contributed by atoms with Crippen LogP contribution in [0.15, 0.2) is 48.5 Å². The van der Waals surface area contributed by atoms with Crippen LogP contribution in [0.3, 0.4) is 0 Å². The number of alkyl halides is 3. The maximum Gasteiger partial charge on any atom is 0.522 e. The molecule has 1 atom stereocenters. The Balaban J connectivity index is 1.87. The Morgan fingerprint density at radius 3 is 2.60 bits per heavy atom. The highest BCUT2D eigenvalue weighted by Gasteiger charge is 2.32. The van der Waals surface area contributed by atoms with E-state index in [0.717, 1.165) is 5.56 Å². The quantitative estimate of drug-likeness (QED) is 0.569. The van der Waals surface area contributed by atoms with E-state index in [2.05, 4.69) is 4.74 Å². The third-order valence-electron chi connectivity index (χ3n) is 4.63. The van der Waals surface area contributed by atoms with Gasteiger partial charge in [-0.1, -0.05) is 36.4 Å².